The van der Waals surface area contributed by atoms with Gasteiger partial charge in [0.05, 0.1) is 33.8 Å². The quantitative estimate of drug-likeness (QED) is 0.0984. The Kier molecular flexibility index (Phi) is 7.27. The number of hydrogen-bond acceptors (Lipinski definition) is 4. The van der Waals surface area contributed by atoms with E-state index >= 15 is 0 Å². The highest BCUT2D eigenvalue weighted by atomic mass is 16.5. The standard InChI is InChI=1S/C47H38BN5O/c1-32-15-13-16-33(2)45(32)48-52(35-19-9-6-10-20-35)40-27-25-37(30-43(40)53(48)44-23-11-12-28-49-44)54-36-24-26-38-42(29-36)51-31-50(34-17-7-5-8-18-34)41-22-14-21-39(46(41)51)47(38,3)4/h5-30H,1-4H3. The van der Waals surface area contributed by atoms with Crippen molar-refractivity contribution in [3.63, 3.8) is 0 Å². The minimum absolute atomic E-state index is 0.164. The fraction of sp³-hybridized carbons (Fsp3) is 0.106. The van der Waals surface area contributed by atoms with Crippen LogP contribution >= 0.6 is 0 Å². The minimum Gasteiger partial charge on any atom is -0.458 e. The fourth-order valence-corrected chi connectivity index (χ4v) is 8.62. The molecule has 260 valence electrons. The first-order chi connectivity index (χ1) is 26.4. The maximum Gasteiger partial charge on any atom is 0.422 e. The van der Waals surface area contributed by atoms with Crippen molar-refractivity contribution in [1.82, 2.24) is 9.55 Å². The topological polar surface area (TPSA) is 37.4 Å². The lowest BCUT2D eigenvalue weighted by atomic mass is 9.61. The highest BCUT2D eigenvalue weighted by Gasteiger charge is 2.45. The fourth-order valence-electron chi connectivity index (χ4n) is 8.62. The molecule has 0 radical (unpaired) electrons. The number of nitrogens with zero attached hydrogens (tertiary/aromatic N) is 5. The zero-order chi connectivity index (χ0) is 36.6. The summed E-state index contributed by atoms with van der Waals surface area (Å²) in [5.41, 5.74) is 13.7. The van der Waals surface area contributed by atoms with Crippen molar-refractivity contribution in [2.45, 2.75) is 33.1 Å². The second kappa shape index (κ2) is 12.2. The molecule has 0 saturated heterocycles. The molecule has 6 aromatic carbocycles. The molecule has 2 aliphatic heterocycles. The highest BCUT2D eigenvalue weighted by Crippen LogP contribution is 2.49. The van der Waals surface area contributed by atoms with Gasteiger partial charge in [-0.15, -0.1) is 0 Å². The van der Waals surface area contributed by atoms with Crippen molar-refractivity contribution >= 4 is 46.4 Å². The van der Waals surface area contributed by atoms with Crippen LogP contribution in [0.2, 0.25) is 0 Å². The van der Waals surface area contributed by atoms with Gasteiger partial charge in [0.25, 0.3) is 6.33 Å². The van der Waals surface area contributed by atoms with Crippen molar-refractivity contribution in [1.29, 1.82) is 0 Å². The van der Waals surface area contributed by atoms with E-state index in [-0.39, 0.29) is 12.4 Å². The summed E-state index contributed by atoms with van der Waals surface area (Å²) >= 11 is 0. The van der Waals surface area contributed by atoms with Crippen LogP contribution in [-0.4, -0.2) is 16.5 Å². The number of benzene rings is 6. The third kappa shape index (κ3) is 4.88. The monoisotopic (exact) mass is 699 g/mol. The average molecular weight is 700 g/mol. The smallest absolute Gasteiger partial charge is 0.422 e. The maximum absolute atomic E-state index is 6.83. The van der Waals surface area contributed by atoms with Crippen molar-refractivity contribution in [2.24, 2.45) is 0 Å². The maximum atomic E-state index is 6.83. The van der Waals surface area contributed by atoms with Crippen LogP contribution in [-0.2, 0) is 5.41 Å². The van der Waals surface area contributed by atoms with E-state index in [1.54, 1.807) is 0 Å². The number of para-hydroxylation sites is 3. The first-order valence-corrected chi connectivity index (χ1v) is 18.5. The predicted molar refractivity (Wildman–Crippen MR) is 219 cm³/mol. The van der Waals surface area contributed by atoms with Gasteiger partial charge >= 0.3 is 6.98 Å². The van der Waals surface area contributed by atoms with Crippen LogP contribution in [0.25, 0.3) is 22.4 Å². The molecule has 0 bridgehead atoms. The Balaban J connectivity index is 1.11. The zero-order valence-corrected chi connectivity index (χ0v) is 30.7. The number of aryl methyl sites for hydroxylation is 2. The molecule has 0 spiro atoms. The van der Waals surface area contributed by atoms with Gasteiger partial charge in [-0.25, -0.2) is 4.98 Å². The molecule has 8 aromatic rings. The summed E-state index contributed by atoms with van der Waals surface area (Å²) in [5.74, 6) is 2.38. The number of rotatable bonds is 6. The van der Waals surface area contributed by atoms with E-state index in [1.165, 1.54) is 27.7 Å². The minimum atomic E-state index is -0.218. The van der Waals surface area contributed by atoms with E-state index in [2.05, 4.69) is 192 Å². The number of aromatic nitrogens is 3. The van der Waals surface area contributed by atoms with Gasteiger partial charge in [-0.05, 0) is 91.1 Å². The summed E-state index contributed by atoms with van der Waals surface area (Å²) in [4.78, 5) is 9.69. The normalized spacial score (nSPS) is 14.0. The summed E-state index contributed by atoms with van der Waals surface area (Å²) in [5, 5.41) is 0. The van der Waals surface area contributed by atoms with Crippen LogP contribution in [0.1, 0.15) is 36.1 Å². The Morgan fingerprint density at radius 3 is 2.06 bits per heavy atom. The molecule has 6 nitrogen and oxygen atoms in total. The second-order valence-electron chi connectivity index (χ2n) is 14.8. The molecule has 2 aromatic heterocycles. The first kappa shape index (κ1) is 32.1. The van der Waals surface area contributed by atoms with Gasteiger partial charge in [0.2, 0.25) is 0 Å². The van der Waals surface area contributed by atoms with Crippen LogP contribution in [0.15, 0.2) is 158 Å². The molecule has 0 unspecified atom stereocenters. The number of pyridine rings is 1. The lowest BCUT2D eigenvalue weighted by Crippen LogP contribution is -2.55. The van der Waals surface area contributed by atoms with Gasteiger partial charge in [0, 0.05) is 23.4 Å². The number of fused-ring (bicyclic) bond motifs is 3. The van der Waals surface area contributed by atoms with E-state index in [4.69, 9.17) is 9.72 Å². The lowest BCUT2D eigenvalue weighted by molar-refractivity contribution is -0.572. The SMILES string of the molecule is Cc1cccc(C)c1B1N(c2ccccc2)c2ccc(Oc3ccc4c(c3)-n3[c-][n+](-c5ccccc5)c5cccc(c53)C4(C)C)cc2N1c1ccccn1. The summed E-state index contributed by atoms with van der Waals surface area (Å²) < 4.78 is 11.2. The van der Waals surface area contributed by atoms with E-state index in [9.17, 15) is 0 Å². The molecule has 0 saturated carbocycles. The van der Waals surface area contributed by atoms with Gasteiger partial charge in [0.15, 0.2) is 0 Å². The van der Waals surface area contributed by atoms with Gasteiger partial charge in [-0.3, -0.25) is 9.13 Å². The largest absolute Gasteiger partial charge is 0.458 e. The number of hydrogen-bond donors (Lipinski definition) is 0. The van der Waals surface area contributed by atoms with Gasteiger partial charge < -0.3 is 14.4 Å². The van der Waals surface area contributed by atoms with Gasteiger partial charge in [0.1, 0.15) is 17.3 Å². The molecule has 0 amide bonds. The van der Waals surface area contributed by atoms with E-state index < -0.39 is 0 Å². The molecular formula is C47H38BN5O. The Morgan fingerprint density at radius 1 is 0.630 bits per heavy atom. The summed E-state index contributed by atoms with van der Waals surface area (Å²) in [6.45, 7) is 8.85. The van der Waals surface area contributed by atoms with Crippen LogP contribution in [0, 0.1) is 20.2 Å². The summed E-state index contributed by atoms with van der Waals surface area (Å²) in [6, 6.07) is 53.2. The van der Waals surface area contributed by atoms with Gasteiger partial charge in [-0.1, -0.05) is 110 Å². The van der Waals surface area contributed by atoms with E-state index in [0.717, 1.165) is 56.8 Å². The molecule has 0 aliphatic carbocycles. The number of ether oxygens (including phenoxy) is 1. The predicted octanol–water partition coefficient (Wildman–Crippen LogP) is 9.84. The molecular weight excluding hydrogens is 661 g/mol. The third-order valence-corrected chi connectivity index (χ3v) is 11.2. The van der Waals surface area contributed by atoms with Crippen LogP contribution < -0.4 is 24.4 Å². The number of imidazole rings is 1. The molecule has 7 heteroatoms. The van der Waals surface area contributed by atoms with Gasteiger partial charge in [-0.2, -0.15) is 0 Å². The molecule has 54 heavy (non-hydrogen) atoms. The third-order valence-electron chi connectivity index (χ3n) is 11.2. The van der Waals surface area contributed by atoms with Crippen LogP contribution in [0.3, 0.4) is 0 Å². The first-order valence-electron chi connectivity index (χ1n) is 18.5. The van der Waals surface area contributed by atoms with E-state index in [1.807, 2.05) is 18.3 Å². The molecule has 10 rings (SSSR count). The Labute approximate surface area is 316 Å². The summed E-state index contributed by atoms with van der Waals surface area (Å²) in [6.07, 6.45) is 5.57. The average Bonchev–Trinajstić information content (AvgIpc) is 3.75. The van der Waals surface area contributed by atoms with Crippen LogP contribution in [0.4, 0.5) is 22.9 Å². The molecule has 2 aliphatic rings. The number of anilines is 4. The highest BCUT2D eigenvalue weighted by molar-refractivity contribution is 6.85. The van der Waals surface area contributed by atoms with Crippen LogP contribution in [0.5, 0.6) is 11.5 Å². The molecule has 0 atom stereocenters. The van der Waals surface area contributed by atoms with Crippen molar-refractivity contribution in [2.75, 3.05) is 9.62 Å². The molecule has 4 heterocycles. The Hall–Kier alpha value is -6.60. The second-order valence-corrected chi connectivity index (χ2v) is 14.8. The summed E-state index contributed by atoms with van der Waals surface area (Å²) in [7, 11) is 0. The van der Waals surface area contributed by atoms with Crippen molar-refractivity contribution in [3.05, 3.63) is 186 Å². The lowest BCUT2D eigenvalue weighted by Gasteiger charge is -2.34. The van der Waals surface area contributed by atoms with Crippen molar-refractivity contribution in [3.8, 4) is 22.9 Å². The van der Waals surface area contributed by atoms with Crippen molar-refractivity contribution < 1.29 is 9.30 Å². The van der Waals surface area contributed by atoms with E-state index in [0.29, 0.717) is 0 Å². The zero-order valence-electron chi connectivity index (χ0n) is 30.7. The Bertz CT molecular complexity index is 2690. The Morgan fingerprint density at radius 2 is 1.31 bits per heavy atom. The molecule has 0 N–H and O–H groups in total. The molecule has 0 fully saturated rings.